The van der Waals surface area contributed by atoms with Crippen LogP contribution in [0.1, 0.15) is 20.3 Å². The summed E-state index contributed by atoms with van der Waals surface area (Å²) in [4.78, 5) is 15.3. The first kappa shape index (κ1) is 14.7. The van der Waals surface area contributed by atoms with Gasteiger partial charge in [0, 0.05) is 11.8 Å². The van der Waals surface area contributed by atoms with E-state index in [9.17, 15) is 9.90 Å². The Hall–Kier alpha value is -1.59. The van der Waals surface area contributed by atoms with Crippen molar-refractivity contribution in [3.05, 3.63) is 24.3 Å². The summed E-state index contributed by atoms with van der Waals surface area (Å²) in [7, 11) is 1.63. The van der Waals surface area contributed by atoms with Gasteiger partial charge in [-0.15, -0.1) is 0 Å². The van der Waals surface area contributed by atoms with Gasteiger partial charge in [0.15, 0.2) is 5.72 Å². The van der Waals surface area contributed by atoms with Crippen molar-refractivity contribution in [2.45, 2.75) is 38.2 Å². The normalized spacial score (nSPS) is 44.9. The van der Waals surface area contributed by atoms with Crippen molar-refractivity contribution in [2.24, 2.45) is 29.6 Å². The molecule has 1 amide bonds. The second kappa shape index (κ2) is 4.52. The second-order valence-electron chi connectivity index (χ2n) is 7.94. The summed E-state index contributed by atoms with van der Waals surface area (Å²) < 4.78 is 12.0. The average Bonchev–Trinajstić information content (AvgIpc) is 3.23. The van der Waals surface area contributed by atoms with Crippen LogP contribution >= 0.6 is 0 Å². The van der Waals surface area contributed by atoms with Crippen molar-refractivity contribution in [1.29, 1.82) is 0 Å². The zero-order valence-electron chi connectivity index (χ0n) is 14.2. The van der Waals surface area contributed by atoms with Gasteiger partial charge in [0.05, 0.1) is 30.9 Å². The number of benzene rings is 1. The number of ether oxygens (including phenoxy) is 2. The lowest BCUT2D eigenvalue weighted by Gasteiger charge is -2.42. The van der Waals surface area contributed by atoms with Gasteiger partial charge in [-0.25, -0.2) is 0 Å². The zero-order chi connectivity index (χ0) is 16.8. The molecule has 7 atom stereocenters. The summed E-state index contributed by atoms with van der Waals surface area (Å²) in [5, 5.41) is 10.6. The minimum Gasteiger partial charge on any atom is -0.495 e. The van der Waals surface area contributed by atoms with E-state index >= 15 is 0 Å². The molecule has 24 heavy (non-hydrogen) atoms. The van der Waals surface area contributed by atoms with Crippen molar-refractivity contribution >= 4 is 11.6 Å². The van der Waals surface area contributed by atoms with Gasteiger partial charge >= 0.3 is 0 Å². The van der Waals surface area contributed by atoms with Crippen molar-refractivity contribution in [2.75, 3.05) is 12.0 Å². The van der Waals surface area contributed by atoms with Crippen LogP contribution in [0, 0.1) is 29.6 Å². The van der Waals surface area contributed by atoms with E-state index in [1.807, 2.05) is 29.2 Å². The molecule has 5 heteroatoms. The fourth-order valence-corrected chi connectivity index (χ4v) is 6.11. The van der Waals surface area contributed by atoms with E-state index < -0.39 is 11.8 Å². The number of hydrogen-bond donors (Lipinski definition) is 1. The van der Waals surface area contributed by atoms with Crippen molar-refractivity contribution in [3.63, 3.8) is 0 Å². The van der Waals surface area contributed by atoms with Gasteiger partial charge in [-0.3, -0.25) is 9.69 Å². The Balaban J connectivity index is 1.72. The van der Waals surface area contributed by atoms with Gasteiger partial charge in [-0.2, -0.15) is 0 Å². The third-order valence-electron chi connectivity index (χ3n) is 6.86. The topological polar surface area (TPSA) is 59.0 Å². The van der Waals surface area contributed by atoms with Gasteiger partial charge in [0.25, 0.3) is 0 Å². The highest BCUT2D eigenvalue weighted by Crippen LogP contribution is 2.69. The zero-order valence-corrected chi connectivity index (χ0v) is 14.2. The summed E-state index contributed by atoms with van der Waals surface area (Å²) in [5.74, 6) is 1.29. The minimum atomic E-state index is -0.669. The molecule has 2 aliphatic heterocycles. The molecule has 0 spiro atoms. The summed E-state index contributed by atoms with van der Waals surface area (Å²) in [6, 6.07) is 7.65. The maximum Gasteiger partial charge on any atom is 0.233 e. The molecule has 5 rings (SSSR count). The summed E-state index contributed by atoms with van der Waals surface area (Å²) in [5.41, 5.74) is 0.112. The number of carbonyl (C=O) groups excluding carboxylic acids is 1. The molecule has 2 bridgehead atoms. The molecule has 2 heterocycles. The number of methoxy groups -OCH3 is 1. The summed E-state index contributed by atoms with van der Waals surface area (Å²) in [6.07, 6.45) is 0.283. The molecule has 1 aromatic carbocycles. The van der Waals surface area contributed by atoms with Crippen LogP contribution in [-0.4, -0.2) is 36.1 Å². The number of carbonyl (C=O) groups is 1. The van der Waals surface area contributed by atoms with Crippen molar-refractivity contribution in [1.82, 2.24) is 0 Å². The highest BCUT2D eigenvalue weighted by molar-refractivity contribution is 6.01. The third kappa shape index (κ3) is 1.39. The molecule has 0 aromatic heterocycles. The van der Waals surface area contributed by atoms with Crippen LogP contribution in [0.3, 0.4) is 0 Å². The van der Waals surface area contributed by atoms with Crippen LogP contribution in [0.4, 0.5) is 5.69 Å². The first-order chi connectivity index (χ1) is 11.5. The van der Waals surface area contributed by atoms with Crippen LogP contribution in [0.5, 0.6) is 5.75 Å². The molecule has 0 radical (unpaired) electrons. The number of para-hydroxylation sites is 2. The Bertz CT molecular complexity index is 719. The number of hydrogen-bond acceptors (Lipinski definition) is 4. The molecule has 128 valence electrons. The Morgan fingerprint density at radius 3 is 2.79 bits per heavy atom. The summed E-state index contributed by atoms with van der Waals surface area (Å²) in [6.45, 7) is 4.23. The quantitative estimate of drug-likeness (QED) is 0.922. The van der Waals surface area contributed by atoms with Gasteiger partial charge in [0.2, 0.25) is 5.91 Å². The number of anilines is 1. The van der Waals surface area contributed by atoms with Crippen molar-refractivity contribution in [3.8, 4) is 5.75 Å². The molecule has 1 aromatic rings. The lowest BCUT2D eigenvalue weighted by Crippen LogP contribution is -2.54. The van der Waals surface area contributed by atoms with Crippen LogP contribution < -0.4 is 9.64 Å². The molecule has 5 nitrogen and oxygen atoms in total. The molecule has 2 saturated carbocycles. The maximum atomic E-state index is 13.4. The Morgan fingerprint density at radius 2 is 2.08 bits per heavy atom. The molecule has 7 unspecified atom stereocenters. The molecular weight excluding hydrogens is 306 g/mol. The average molecular weight is 329 g/mol. The lowest BCUT2D eigenvalue weighted by molar-refractivity contribution is -0.136. The predicted molar refractivity (Wildman–Crippen MR) is 87.5 cm³/mol. The number of fused-ring (bicyclic) bond motifs is 2. The van der Waals surface area contributed by atoms with E-state index in [0.29, 0.717) is 11.7 Å². The van der Waals surface area contributed by atoms with E-state index in [2.05, 4.69) is 13.8 Å². The third-order valence-corrected chi connectivity index (χ3v) is 6.86. The van der Waals surface area contributed by atoms with E-state index in [1.165, 1.54) is 0 Å². The van der Waals surface area contributed by atoms with Gasteiger partial charge in [0.1, 0.15) is 5.75 Å². The van der Waals surface area contributed by atoms with Gasteiger partial charge in [-0.05, 0) is 30.4 Å². The van der Waals surface area contributed by atoms with Gasteiger partial charge < -0.3 is 14.6 Å². The molecular formula is C19H23NO4. The number of aliphatic hydroxyl groups is 1. The van der Waals surface area contributed by atoms with E-state index in [4.69, 9.17) is 9.47 Å². The summed E-state index contributed by atoms with van der Waals surface area (Å²) >= 11 is 0. The molecule has 2 aliphatic carbocycles. The Labute approximate surface area is 141 Å². The first-order valence-electron chi connectivity index (χ1n) is 8.85. The minimum absolute atomic E-state index is 0.0397. The number of amides is 1. The van der Waals surface area contributed by atoms with Crippen LogP contribution in [0.25, 0.3) is 0 Å². The SMILES string of the molecule is COc1ccccc1N1C(=O)C2C3CC4C(OC1(C(C)C)C42)C3O. The van der Waals surface area contributed by atoms with Crippen LogP contribution in [0.2, 0.25) is 0 Å². The Morgan fingerprint density at radius 1 is 1.33 bits per heavy atom. The Kier molecular flexibility index (Phi) is 2.78. The smallest absolute Gasteiger partial charge is 0.233 e. The molecule has 2 saturated heterocycles. The monoisotopic (exact) mass is 329 g/mol. The van der Waals surface area contributed by atoms with Crippen molar-refractivity contribution < 1.29 is 19.4 Å². The first-order valence-corrected chi connectivity index (χ1v) is 8.85. The lowest BCUT2D eigenvalue weighted by atomic mass is 9.74. The standard InChI is InChI=1S/C19H23NO4/c1-9(2)19-15-11-8-10(16(21)17(11)24-19)14(15)18(22)20(19)12-6-4-5-7-13(12)23-3/h4-7,9-11,14-17,21H,8H2,1-3H3. The molecule has 1 N–H and O–H groups in total. The highest BCUT2D eigenvalue weighted by atomic mass is 16.6. The molecule has 4 fully saturated rings. The largest absolute Gasteiger partial charge is 0.495 e. The fourth-order valence-electron chi connectivity index (χ4n) is 6.11. The van der Waals surface area contributed by atoms with Gasteiger partial charge in [-0.1, -0.05) is 26.0 Å². The number of aliphatic hydroxyl groups excluding tert-OH is 1. The molecule has 4 aliphatic rings. The second-order valence-corrected chi connectivity index (χ2v) is 7.94. The van der Waals surface area contributed by atoms with E-state index in [0.717, 1.165) is 12.1 Å². The number of rotatable bonds is 3. The van der Waals surface area contributed by atoms with E-state index in [-0.39, 0.29) is 35.7 Å². The number of nitrogens with zero attached hydrogens (tertiary/aromatic N) is 1. The highest BCUT2D eigenvalue weighted by Gasteiger charge is 2.79. The maximum absolute atomic E-state index is 13.4. The fraction of sp³-hybridized carbons (Fsp3) is 0.632. The van der Waals surface area contributed by atoms with E-state index in [1.54, 1.807) is 7.11 Å². The predicted octanol–water partition coefficient (Wildman–Crippen LogP) is 2.04. The van der Waals surface area contributed by atoms with Crippen LogP contribution in [-0.2, 0) is 9.53 Å². The van der Waals surface area contributed by atoms with Crippen LogP contribution in [0.15, 0.2) is 24.3 Å².